The molecule has 1 rings (SSSR count). The number of nitriles is 1. The number of piperidine rings is 1. The smallest absolute Gasteiger partial charge is 0.243 e. The van der Waals surface area contributed by atoms with Crippen LogP contribution in [0, 0.1) is 17.2 Å². The minimum atomic E-state index is -0.667. The van der Waals surface area contributed by atoms with Crippen LogP contribution in [-0.2, 0) is 14.4 Å². The molecule has 0 aromatic rings. The molecule has 1 fully saturated rings. The summed E-state index contributed by atoms with van der Waals surface area (Å²) in [5.41, 5.74) is 0. The maximum Gasteiger partial charge on any atom is 0.243 e. The molecular formula is C14H22N4O3. The second kappa shape index (κ2) is 8.25. The lowest BCUT2D eigenvalue weighted by molar-refractivity contribution is -0.136. The first-order valence-corrected chi connectivity index (χ1v) is 7.16. The second-order valence-corrected chi connectivity index (χ2v) is 5.40. The number of nitrogens with zero attached hydrogens (tertiary/aromatic N) is 2. The first kappa shape index (κ1) is 17.0. The largest absolute Gasteiger partial charge is 0.356 e. The van der Waals surface area contributed by atoms with Gasteiger partial charge in [-0.1, -0.05) is 0 Å². The molecule has 21 heavy (non-hydrogen) atoms. The van der Waals surface area contributed by atoms with Crippen LogP contribution in [0.4, 0.5) is 0 Å². The van der Waals surface area contributed by atoms with Gasteiger partial charge in [0.05, 0.1) is 12.6 Å². The fourth-order valence-corrected chi connectivity index (χ4v) is 2.60. The molecule has 3 amide bonds. The lowest BCUT2D eigenvalue weighted by atomic mass is 9.91. The van der Waals surface area contributed by atoms with Crippen LogP contribution in [0.15, 0.2) is 0 Å². The van der Waals surface area contributed by atoms with Crippen LogP contribution in [0.2, 0.25) is 0 Å². The summed E-state index contributed by atoms with van der Waals surface area (Å²) in [6.07, 6.45) is 2.40. The summed E-state index contributed by atoms with van der Waals surface area (Å²) in [7, 11) is 0. The number of rotatable bonds is 7. The molecule has 0 radical (unpaired) electrons. The number of amides is 3. The van der Waals surface area contributed by atoms with Crippen LogP contribution >= 0.6 is 0 Å². The minimum absolute atomic E-state index is 0.0522. The van der Waals surface area contributed by atoms with Crippen molar-refractivity contribution in [2.75, 3.05) is 13.1 Å². The monoisotopic (exact) mass is 294 g/mol. The van der Waals surface area contributed by atoms with Gasteiger partial charge < -0.3 is 15.5 Å². The van der Waals surface area contributed by atoms with E-state index in [1.807, 2.05) is 13.8 Å². The third-order valence-corrected chi connectivity index (χ3v) is 3.57. The van der Waals surface area contributed by atoms with Gasteiger partial charge in [0.1, 0.15) is 6.04 Å². The number of carbonyl (C=O) groups excluding carboxylic acids is 3. The first-order chi connectivity index (χ1) is 10.0. The van der Waals surface area contributed by atoms with Gasteiger partial charge in [-0.2, -0.15) is 5.26 Å². The van der Waals surface area contributed by atoms with Gasteiger partial charge in [0.2, 0.25) is 18.2 Å². The molecule has 1 aliphatic rings. The molecule has 7 nitrogen and oxygen atoms in total. The number of hydrogen-bond donors (Lipinski definition) is 2. The highest BCUT2D eigenvalue weighted by molar-refractivity contribution is 5.81. The van der Waals surface area contributed by atoms with Crippen molar-refractivity contribution in [3.05, 3.63) is 0 Å². The number of carbonyl (C=O) groups is 3. The Balaban J connectivity index is 2.77. The van der Waals surface area contributed by atoms with E-state index in [9.17, 15) is 19.6 Å². The third kappa shape index (κ3) is 4.74. The van der Waals surface area contributed by atoms with E-state index in [0.29, 0.717) is 19.4 Å². The van der Waals surface area contributed by atoms with Crippen LogP contribution in [0.5, 0.6) is 0 Å². The summed E-state index contributed by atoms with van der Waals surface area (Å²) in [6.45, 7) is 4.15. The molecule has 2 atom stereocenters. The van der Waals surface area contributed by atoms with E-state index in [0.717, 1.165) is 12.8 Å². The molecule has 7 heteroatoms. The highest BCUT2D eigenvalue weighted by Gasteiger charge is 2.31. The molecule has 0 saturated carbocycles. The van der Waals surface area contributed by atoms with Crippen molar-refractivity contribution in [3.8, 4) is 6.07 Å². The molecule has 1 heterocycles. The summed E-state index contributed by atoms with van der Waals surface area (Å²) in [6, 6.07) is 1.27. The topological polar surface area (TPSA) is 102 Å². The van der Waals surface area contributed by atoms with Gasteiger partial charge in [-0.05, 0) is 33.1 Å². The molecule has 0 unspecified atom stereocenters. The Morgan fingerprint density at radius 1 is 1.62 bits per heavy atom. The lowest BCUT2D eigenvalue weighted by Gasteiger charge is -2.33. The quantitative estimate of drug-likeness (QED) is 0.633. The number of nitrogens with one attached hydrogen (secondary N) is 2. The zero-order valence-corrected chi connectivity index (χ0v) is 12.5. The van der Waals surface area contributed by atoms with E-state index in [2.05, 4.69) is 16.7 Å². The van der Waals surface area contributed by atoms with Crippen molar-refractivity contribution in [2.24, 2.45) is 5.92 Å². The Hall–Kier alpha value is -2.10. The van der Waals surface area contributed by atoms with Crippen LogP contribution < -0.4 is 10.6 Å². The molecular weight excluding hydrogens is 272 g/mol. The van der Waals surface area contributed by atoms with Gasteiger partial charge in [0.15, 0.2) is 0 Å². The molecule has 0 bridgehead atoms. The van der Waals surface area contributed by atoms with E-state index in [4.69, 9.17) is 0 Å². The fourth-order valence-electron chi connectivity index (χ4n) is 2.60. The zero-order valence-electron chi connectivity index (χ0n) is 12.5. The van der Waals surface area contributed by atoms with Gasteiger partial charge in [0.25, 0.3) is 0 Å². The van der Waals surface area contributed by atoms with Crippen molar-refractivity contribution in [3.63, 3.8) is 0 Å². The van der Waals surface area contributed by atoms with Crippen molar-refractivity contribution >= 4 is 18.2 Å². The van der Waals surface area contributed by atoms with E-state index in [-0.39, 0.29) is 30.3 Å². The molecule has 116 valence electrons. The molecule has 0 spiro atoms. The Morgan fingerprint density at radius 3 is 2.86 bits per heavy atom. The fraction of sp³-hybridized carbons (Fsp3) is 0.714. The predicted molar refractivity (Wildman–Crippen MR) is 75.8 cm³/mol. The first-order valence-electron chi connectivity index (χ1n) is 7.16. The molecule has 2 N–H and O–H groups in total. The van der Waals surface area contributed by atoms with E-state index in [1.54, 1.807) is 0 Å². The van der Waals surface area contributed by atoms with Gasteiger partial charge in [0, 0.05) is 18.5 Å². The Kier molecular flexibility index (Phi) is 6.66. The normalized spacial score (nSPS) is 19.3. The van der Waals surface area contributed by atoms with Crippen molar-refractivity contribution in [1.82, 2.24) is 15.5 Å². The Labute approximate surface area is 124 Å². The SMILES string of the molecule is CC(C)N(C(=O)CNC=O)[C@H](C#N)C[C@@H]1CCCNC1=O. The Bertz CT molecular complexity index is 430. The molecule has 0 aromatic heterocycles. The molecule has 1 aliphatic heterocycles. The van der Waals surface area contributed by atoms with Crippen LogP contribution in [0.25, 0.3) is 0 Å². The average Bonchev–Trinajstić information content (AvgIpc) is 2.46. The number of hydrogen-bond acceptors (Lipinski definition) is 4. The van der Waals surface area contributed by atoms with Gasteiger partial charge in [-0.3, -0.25) is 14.4 Å². The van der Waals surface area contributed by atoms with Crippen LogP contribution in [0.1, 0.15) is 33.1 Å². The van der Waals surface area contributed by atoms with Crippen LogP contribution in [0.3, 0.4) is 0 Å². The van der Waals surface area contributed by atoms with Crippen molar-refractivity contribution < 1.29 is 14.4 Å². The summed E-state index contributed by atoms with van der Waals surface area (Å²) in [4.78, 5) is 35.7. The molecule has 0 aliphatic carbocycles. The minimum Gasteiger partial charge on any atom is -0.356 e. The molecule has 0 aromatic carbocycles. The highest BCUT2D eigenvalue weighted by Crippen LogP contribution is 2.21. The Morgan fingerprint density at radius 2 is 2.33 bits per heavy atom. The molecule has 1 saturated heterocycles. The van der Waals surface area contributed by atoms with Gasteiger partial charge in [-0.15, -0.1) is 0 Å². The van der Waals surface area contributed by atoms with Crippen LogP contribution in [-0.4, -0.2) is 48.3 Å². The standard InChI is InChI=1S/C14H22N4O3/c1-10(2)18(13(20)8-16-9-19)12(7-15)6-11-4-3-5-17-14(11)21/h9-12H,3-6,8H2,1-2H3,(H,16,19)(H,17,21)/t11-,12-/m0/s1. The predicted octanol–water partition coefficient (Wildman–Crippen LogP) is -0.222. The summed E-state index contributed by atoms with van der Waals surface area (Å²) < 4.78 is 0. The zero-order chi connectivity index (χ0) is 15.8. The average molecular weight is 294 g/mol. The van der Waals surface area contributed by atoms with Crippen molar-refractivity contribution in [2.45, 2.75) is 45.2 Å². The summed E-state index contributed by atoms with van der Waals surface area (Å²) in [5.74, 6) is -0.611. The lowest BCUT2D eigenvalue weighted by Crippen LogP contribution is -2.49. The summed E-state index contributed by atoms with van der Waals surface area (Å²) in [5, 5.41) is 14.5. The maximum atomic E-state index is 12.1. The second-order valence-electron chi connectivity index (χ2n) is 5.40. The highest BCUT2D eigenvalue weighted by atomic mass is 16.2. The van der Waals surface area contributed by atoms with E-state index < -0.39 is 6.04 Å². The van der Waals surface area contributed by atoms with Gasteiger partial charge >= 0.3 is 0 Å². The van der Waals surface area contributed by atoms with Crippen molar-refractivity contribution in [1.29, 1.82) is 5.26 Å². The summed E-state index contributed by atoms with van der Waals surface area (Å²) >= 11 is 0. The van der Waals surface area contributed by atoms with E-state index in [1.165, 1.54) is 4.90 Å². The maximum absolute atomic E-state index is 12.1. The third-order valence-electron chi connectivity index (χ3n) is 3.57. The van der Waals surface area contributed by atoms with E-state index >= 15 is 0 Å². The van der Waals surface area contributed by atoms with Gasteiger partial charge in [-0.25, -0.2) is 0 Å².